The molecule has 1 N–H and O–H groups in total. The second-order valence-electron chi connectivity index (χ2n) is 5.07. The fraction of sp³-hybridized carbons (Fsp3) is 0.438. The van der Waals surface area contributed by atoms with E-state index in [-0.39, 0.29) is 0 Å². The molecule has 0 fully saturated rings. The van der Waals surface area contributed by atoms with Gasteiger partial charge in [-0.15, -0.1) is 11.3 Å². The van der Waals surface area contributed by atoms with Crippen LogP contribution >= 0.6 is 11.3 Å². The summed E-state index contributed by atoms with van der Waals surface area (Å²) in [5.74, 6) is 0.898. The monoisotopic (exact) mass is 304 g/mol. The Morgan fingerprint density at radius 2 is 2.19 bits per heavy atom. The molecular weight excluding hydrogens is 284 g/mol. The van der Waals surface area contributed by atoms with Crippen LogP contribution in [0.1, 0.15) is 15.4 Å². The Balaban J connectivity index is 1.81. The number of aryl methyl sites for hydroxylation is 2. The summed E-state index contributed by atoms with van der Waals surface area (Å²) in [5, 5.41) is 4.50. The van der Waals surface area contributed by atoms with Crippen molar-refractivity contribution in [3.8, 4) is 17.0 Å². The van der Waals surface area contributed by atoms with Crippen molar-refractivity contribution in [2.24, 2.45) is 0 Å². The number of hydrogen-bond donors (Lipinski definition) is 1. The Hall–Kier alpha value is -1.43. The first-order chi connectivity index (χ1) is 10.3. The van der Waals surface area contributed by atoms with Crippen LogP contribution in [0.5, 0.6) is 5.75 Å². The molecule has 0 unspecified atom stereocenters. The number of rotatable bonds is 6. The number of aromatic nitrogens is 1. The maximum atomic E-state index is 5.34. The van der Waals surface area contributed by atoms with Crippen molar-refractivity contribution in [2.45, 2.75) is 19.4 Å². The molecule has 4 nitrogen and oxygen atoms in total. The lowest BCUT2D eigenvalue weighted by Crippen LogP contribution is -2.18. The van der Waals surface area contributed by atoms with Gasteiger partial charge in [-0.25, -0.2) is 4.98 Å². The Labute approximate surface area is 129 Å². The number of benzene rings is 1. The first-order valence-corrected chi connectivity index (χ1v) is 7.99. The maximum Gasteiger partial charge on any atom is 0.119 e. The number of nitrogens with one attached hydrogen (secondary N) is 1. The van der Waals surface area contributed by atoms with Crippen molar-refractivity contribution in [1.29, 1.82) is 0 Å². The quantitative estimate of drug-likeness (QED) is 0.833. The van der Waals surface area contributed by atoms with Crippen molar-refractivity contribution < 1.29 is 9.47 Å². The van der Waals surface area contributed by atoms with Crippen molar-refractivity contribution in [3.05, 3.63) is 33.6 Å². The molecule has 0 spiro atoms. The summed E-state index contributed by atoms with van der Waals surface area (Å²) in [5.41, 5.74) is 3.74. The van der Waals surface area contributed by atoms with Gasteiger partial charge in [0, 0.05) is 30.6 Å². The van der Waals surface area contributed by atoms with Crippen molar-refractivity contribution in [2.75, 3.05) is 27.4 Å². The van der Waals surface area contributed by atoms with E-state index in [9.17, 15) is 0 Å². The molecular formula is C16H20N2O2S. The average molecular weight is 304 g/mol. The molecule has 5 heteroatoms. The van der Waals surface area contributed by atoms with Gasteiger partial charge in [-0.3, -0.25) is 0 Å². The van der Waals surface area contributed by atoms with Gasteiger partial charge in [0.25, 0.3) is 0 Å². The molecule has 0 aliphatic heterocycles. The smallest absolute Gasteiger partial charge is 0.119 e. The van der Waals surface area contributed by atoms with Gasteiger partial charge >= 0.3 is 0 Å². The van der Waals surface area contributed by atoms with Gasteiger partial charge in [0.15, 0.2) is 0 Å². The maximum absolute atomic E-state index is 5.34. The number of fused-ring (bicyclic) bond motifs is 3. The number of nitrogens with zero attached hydrogens (tertiary/aromatic N) is 1. The summed E-state index contributed by atoms with van der Waals surface area (Å²) in [4.78, 5) is 6.21. The van der Waals surface area contributed by atoms with E-state index in [0.29, 0.717) is 0 Å². The minimum absolute atomic E-state index is 0.727. The SMILES string of the molecule is COCCNCc1nc2c(s1)CCc1ccc(OC)cc1-2. The van der Waals surface area contributed by atoms with E-state index in [0.717, 1.165) is 49.0 Å². The van der Waals surface area contributed by atoms with Crippen LogP contribution in [0.3, 0.4) is 0 Å². The molecule has 1 aliphatic rings. The number of thiazole rings is 1. The van der Waals surface area contributed by atoms with Crippen LogP contribution < -0.4 is 10.1 Å². The molecule has 0 radical (unpaired) electrons. The van der Waals surface area contributed by atoms with Gasteiger partial charge in [-0.1, -0.05) is 6.07 Å². The van der Waals surface area contributed by atoms with Gasteiger partial charge in [0.2, 0.25) is 0 Å². The molecule has 3 rings (SSSR count). The van der Waals surface area contributed by atoms with Gasteiger partial charge in [-0.05, 0) is 30.5 Å². The van der Waals surface area contributed by atoms with Crippen LogP contribution in [0.4, 0.5) is 0 Å². The third kappa shape index (κ3) is 3.10. The Morgan fingerprint density at radius 1 is 1.29 bits per heavy atom. The summed E-state index contributed by atoms with van der Waals surface area (Å²) in [7, 11) is 3.42. The van der Waals surface area contributed by atoms with E-state index in [4.69, 9.17) is 14.5 Å². The largest absolute Gasteiger partial charge is 0.497 e. The molecule has 21 heavy (non-hydrogen) atoms. The number of hydrogen-bond acceptors (Lipinski definition) is 5. The summed E-state index contributed by atoms with van der Waals surface area (Å²) >= 11 is 1.82. The average Bonchev–Trinajstić information content (AvgIpc) is 2.94. The summed E-state index contributed by atoms with van der Waals surface area (Å²) in [6, 6.07) is 6.30. The van der Waals surface area contributed by atoms with E-state index >= 15 is 0 Å². The molecule has 0 atom stereocenters. The fourth-order valence-corrected chi connectivity index (χ4v) is 3.65. The molecule has 0 amide bonds. The third-order valence-corrected chi connectivity index (χ3v) is 4.81. The van der Waals surface area contributed by atoms with Crippen molar-refractivity contribution in [1.82, 2.24) is 10.3 Å². The molecule has 0 bridgehead atoms. The minimum atomic E-state index is 0.727. The van der Waals surface area contributed by atoms with Crippen molar-refractivity contribution in [3.63, 3.8) is 0 Å². The predicted octanol–water partition coefficient (Wildman–Crippen LogP) is 2.65. The van der Waals surface area contributed by atoms with Crippen LogP contribution in [0, 0.1) is 0 Å². The van der Waals surface area contributed by atoms with Gasteiger partial charge < -0.3 is 14.8 Å². The van der Waals surface area contributed by atoms with Gasteiger partial charge in [0.05, 0.1) is 19.4 Å². The number of ether oxygens (including phenoxy) is 2. The summed E-state index contributed by atoms with van der Waals surface area (Å²) in [6.07, 6.45) is 2.18. The van der Waals surface area contributed by atoms with E-state index in [2.05, 4.69) is 17.4 Å². The second kappa shape index (κ2) is 6.56. The molecule has 1 aromatic heterocycles. The third-order valence-electron chi connectivity index (χ3n) is 3.69. The van der Waals surface area contributed by atoms with Gasteiger partial charge in [0.1, 0.15) is 10.8 Å². The first-order valence-electron chi connectivity index (χ1n) is 7.17. The zero-order chi connectivity index (χ0) is 14.7. The number of methoxy groups -OCH3 is 2. The lowest BCUT2D eigenvalue weighted by Gasteiger charge is -2.15. The standard InChI is InChI=1S/C16H20N2O2S/c1-19-8-7-17-10-15-18-16-13-9-12(20-2)5-3-11(13)4-6-14(16)21-15/h3,5,9,17H,4,6-8,10H2,1-2H3. The molecule has 0 saturated carbocycles. The minimum Gasteiger partial charge on any atom is -0.497 e. The molecule has 2 aromatic rings. The highest BCUT2D eigenvalue weighted by Gasteiger charge is 2.21. The van der Waals surface area contributed by atoms with Gasteiger partial charge in [-0.2, -0.15) is 0 Å². The second-order valence-corrected chi connectivity index (χ2v) is 6.24. The lowest BCUT2D eigenvalue weighted by molar-refractivity contribution is 0.199. The van der Waals surface area contributed by atoms with Crippen LogP contribution in [0.15, 0.2) is 18.2 Å². The molecule has 1 heterocycles. The molecule has 1 aliphatic carbocycles. The highest BCUT2D eigenvalue weighted by atomic mass is 32.1. The van der Waals surface area contributed by atoms with E-state index in [1.165, 1.54) is 16.0 Å². The van der Waals surface area contributed by atoms with E-state index < -0.39 is 0 Å². The predicted molar refractivity (Wildman–Crippen MR) is 85.1 cm³/mol. The van der Waals surface area contributed by atoms with Crippen LogP contribution in [-0.2, 0) is 24.1 Å². The molecule has 112 valence electrons. The fourth-order valence-electron chi connectivity index (χ4n) is 2.59. The highest BCUT2D eigenvalue weighted by Crippen LogP contribution is 2.38. The Morgan fingerprint density at radius 3 is 3.00 bits per heavy atom. The van der Waals surface area contributed by atoms with Crippen LogP contribution in [-0.4, -0.2) is 32.4 Å². The van der Waals surface area contributed by atoms with Crippen molar-refractivity contribution >= 4 is 11.3 Å². The molecule has 1 aromatic carbocycles. The Kier molecular flexibility index (Phi) is 4.53. The first kappa shape index (κ1) is 14.5. The van der Waals surface area contributed by atoms with Crippen LogP contribution in [0.2, 0.25) is 0 Å². The zero-order valence-electron chi connectivity index (χ0n) is 12.4. The molecule has 0 saturated heterocycles. The van der Waals surface area contributed by atoms with E-state index in [1.807, 2.05) is 17.4 Å². The zero-order valence-corrected chi connectivity index (χ0v) is 13.3. The summed E-state index contributed by atoms with van der Waals surface area (Å²) in [6.45, 7) is 2.39. The highest BCUT2D eigenvalue weighted by molar-refractivity contribution is 7.12. The van der Waals surface area contributed by atoms with E-state index in [1.54, 1.807) is 14.2 Å². The topological polar surface area (TPSA) is 43.4 Å². The normalized spacial score (nSPS) is 12.9. The van der Waals surface area contributed by atoms with Crippen LogP contribution in [0.25, 0.3) is 11.3 Å². The Bertz CT molecular complexity index is 625. The summed E-state index contributed by atoms with van der Waals surface area (Å²) < 4.78 is 10.4. The lowest BCUT2D eigenvalue weighted by atomic mass is 9.93.